The van der Waals surface area contributed by atoms with Gasteiger partial charge in [-0.15, -0.1) is 0 Å². The minimum atomic E-state index is -3.91. The van der Waals surface area contributed by atoms with Crippen molar-refractivity contribution in [1.82, 2.24) is 20.6 Å². The number of sulfonamides is 1. The Morgan fingerprint density at radius 3 is 2.49 bits per heavy atom. The molecule has 3 amide bonds. The summed E-state index contributed by atoms with van der Waals surface area (Å²) in [5.74, 6) is 0.145. The van der Waals surface area contributed by atoms with Crippen molar-refractivity contribution in [2.24, 2.45) is 5.92 Å². The zero-order valence-electron chi connectivity index (χ0n) is 26.4. The van der Waals surface area contributed by atoms with Crippen LogP contribution in [0.15, 0.2) is 48.7 Å². The number of nitrogens with zero attached hydrogens (tertiary/aromatic N) is 5. The van der Waals surface area contributed by atoms with E-state index in [0.717, 1.165) is 16.2 Å². The van der Waals surface area contributed by atoms with Crippen LogP contribution in [0.4, 0.5) is 39.3 Å². The van der Waals surface area contributed by atoms with Crippen molar-refractivity contribution in [3.05, 3.63) is 54.2 Å². The molecule has 2 aliphatic rings. The smallest absolute Gasteiger partial charge is 0.404 e. The highest BCUT2D eigenvalue weighted by molar-refractivity contribution is 7.92. The SMILES string of the molecule is CCOc1cc(N2CCC(C(=O)NCCCNC(=O)O)CC2)ccc1Nc1ncc2c(n1)N(S(C)(=O)=O)c1ccccc1C(=O)N2C. The topological polar surface area (TPSA) is 186 Å². The Morgan fingerprint density at radius 2 is 1.79 bits per heavy atom. The number of piperidine rings is 1. The van der Waals surface area contributed by atoms with Crippen molar-refractivity contribution in [2.45, 2.75) is 26.2 Å². The molecule has 15 nitrogen and oxygen atoms in total. The van der Waals surface area contributed by atoms with Crippen LogP contribution in [0, 0.1) is 5.92 Å². The Labute approximate surface area is 273 Å². The van der Waals surface area contributed by atoms with Gasteiger partial charge in [-0.25, -0.2) is 22.5 Å². The second-order valence-corrected chi connectivity index (χ2v) is 13.0. The van der Waals surface area contributed by atoms with Gasteiger partial charge in [-0.05, 0) is 50.5 Å². The minimum absolute atomic E-state index is 0.0243. The van der Waals surface area contributed by atoms with Crippen LogP contribution in [0.5, 0.6) is 5.75 Å². The molecule has 5 rings (SSSR count). The molecule has 3 heterocycles. The van der Waals surface area contributed by atoms with E-state index in [4.69, 9.17) is 9.84 Å². The van der Waals surface area contributed by atoms with Crippen LogP contribution < -0.4 is 34.8 Å². The van der Waals surface area contributed by atoms with Crippen molar-refractivity contribution in [2.75, 3.05) is 65.5 Å². The number of carbonyl (C=O) groups excluding carboxylic acids is 2. The third kappa shape index (κ3) is 7.48. The zero-order valence-corrected chi connectivity index (χ0v) is 27.2. The maximum absolute atomic E-state index is 13.2. The number of rotatable bonds is 11. The quantitative estimate of drug-likeness (QED) is 0.220. The second-order valence-electron chi connectivity index (χ2n) is 11.2. The summed E-state index contributed by atoms with van der Waals surface area (Å²) >= 11 is 0. The molecule has 47 heavy (non-hydrogen) atoms. The van der Waals surface area contributed by atoms with Crippen LogP contribution in [0.2, 0.25) is 0 Å². The minimum Gasteiger partial charge on any atom is -0.492 e. The lowest BCUT2D eigenvalue weighted by Crippen LogP contribution is -2.41. The zero-order chi connectivity index (χ0) is 33.7. The monoisotopic (exact) mass is 666 g/mol. The standard InChI is InChI=1S/C31H38N8O7S/c1-4-46-26-18-21(38-16-12-20(13-17-38)28(40)32-14-7-15-33-31(42)43)10-11-23(26)35-30-34-19-25-27(36-30)39(47(3,44)45)24-9-6-5-8-22(24)29(41)37(25)2/h5-6,8-11,18-20,33H,4,7,12-17H2,1-3H3,(H,32,40)(H,42,43)(H,34,35,36). The summed E-state index contributed by atoms with van der Waals surface area (Å²) in [4.78, 5) is 48.9. The van der Waals surface area contributed by atoms with Gasteiger partial charge in [0.05, 0.1) is 36.0 Å². The van der Waals surface area contributed by atoms with Gasteiger partial charge in [0.2, 0.25) is 21.9 Å². The van der Waals surface area contributed by atoms with Gasteiger partial charge in [-0.1, -0.05) is 12.1 Å². The van der Waals surface area contributed by atoms with Crippen LogP contribution in [0.3, 0.4) is 0 Å². The van der Waals surface area contributed by atoms with Crippen LogP contribution in [0.25, 0.3) is 0 Å². The average Bonchev–Trinajstić information content (AvgIpc) is 3.13. The van der Waals surface area contributed by atoms with Gasteiger partial charge < -0.3 is 35.6 Å². The molecule has 1 saturated heterocycles. The summed E-state index contributed by atoms with van der Waals surface area (Å²) in [7, 11) is -2.36. The number of nitrogens with one attached hydrogen (secondary N) is 3. The first kappa shape index (κ1) is 33.2. The van der Waals surface area contributed by atoms with Gasteiger partial charge >= 0.3 is 6.09 Å². The van der Waals surface area contributed by atoms with E-state index in [2.05, 4.69) is 30.8 Å². The summed E-state index contributed by atoms with van der Waals surface area (Å²) in [5.41, 5.74) is 2.13. The van der Waals surface area contributed by atoms with E-state index < -0.39 is 16.1 Å². The Bertz CT molecular complexity index is 1760. The summed E-state index contributed by atoms with van der Waals surface area (Å²) in [6, 6.07) is 12.1. The van der Waals surface area contributed by atoms with Crippen LogP contribution in [0.1, 0.15) is 36.5 Å². The average molecular weight is 667 g/mol. The second kappa shape index (κ2) is 14.1. The van der Waals surface area contributed by atoms with E-state index in [1.54, 1.807) is 31.3 Å². The molecule has 250 valence electrons. The van der Waals surface area contributed by atoms with Crippen LogP contribution >= 0.6 is 0 Å². The molecule has 1 aromatic heterocycles. The molecule has 16 heteroatoms. The first-order valence-electron chi connectivity index (χ1n) is 15.3. The van der Waals surface area contributed by atoms with Crippen LogP contribution in [-0.4, -0.2) is 87.5 Å². The van der Waals surface area contributed by atoms with Gasteiger partial charge in [0.1, 0.15) is 11.4 Å². The lowest BCUT2D eigenvalue weighted by Gasteiger charge is -2.33. The van der Waals surface area contributed by atoms with Gasteiger partial charge in [-0.2, -0.15) is 4.98 Å². The molecule has 4 N–H and O–H groups in total. The molecular formula is C31H38N8O7S. The number of anilines is 6. The highest BCUT2D eigenvalue weighted by Crippen LogP contribution is 2.41. The number of amides is 3. The molecule has 0 unspecified atom stereocenters. The molecule has 0 spiro atoms. The predicted octanol–water partition coefficient (Wildman–Crippen LogP) is 3.30. The molecule has 0 radical (unpaired) electrons. The highest BCUT2D eigenvalue weighted by Gasteiger charge is 2.35. The van der Waals surface area contributed by atoms with Crippen molar-refractivity contribution in [3.8, 4) is 5.75 Å². The molecule has 0 bridgehead atoms. The number of fused-ring (bicyclic) bond motifs is 2. The Hall–Kier alpha value is -5.12. The molecular weight excluding hydrogens is 628 g/mol. The molecule has 2 aliphatic heterocycles. The first-order chi connectivity index (χ1) is 22.5. The fourth-order valence-corrected chi connectivity index (χ4v) is 6.60. The molecule has 0 atom stereocenters. The first-order valence-corrected chi connectivity index (χ1v) is 17.1. The number of benzene rings is 2. The third-order valence-corrected chi connectivity index (χ3v) is 9.00. The fraction of sp³-hybridized carbons (Fsp3) is 0.387. The van der Waals surface area contributed by atoms with Gasteiger partial charge in [-0.3, -0.25) is 9.59 Å². The number of hydrogen-bond donors (Lipinski definition) is 4. The lowest BCUT2D eigenvalue weighted by atomic mass is 9.95. The van der Waals surface area contributed by atoms with Gasteiger partial charge in [0.25, 0.3) is 5.91 Å². The summed E-state index contributed by atoms with van der Waals surface area (Å²) < 4.78 is 33.2. The van der Waals surface area contributed by atoms with Crippen molar-refractivity contribution >= 4 is 62.4 Å². The predicted molar refractivity (Wildman–Crippen MR) is 178 cm³/mol. The van der Waals surface area contributed by atoms with Crippen molar-refractivity contribution in [1.29, 1.82) is 0 Å². The maximum Gasteiger partial charge on any atom is 0.404 e. The maximum atomic E-state index is 13.2. The highest BCUT2D eigenvalue weighted by atomic mass is 32.2. The number of carbonyl (C=O) groups is 3. The fourth-order valence-electron chi connectivity index (χ4n) is 5.63. The van der Waals surface area contributed by atoms with Crippen LogP contribution in [-0.2, 0) is 14.8 Å². The van der Waals surface area contributed by atoms with Gasteiger partial charge in [0, 0.05) is 50.9 Å². The Kier molecular flexibility index (Phi) is 9.98. The number of carboxylic acid groups (broad SMARTS) is 1. The Balaban J connectivity index is 1.32. The largest absolute Gasteiger partial charge is 0.492 e. The number of ether oxygens (including phenoxy) is 1. The molecule has 0 aliphatic carbocycles. The van der Waals surface area contributed by atoms with E-state index in [1.165, 1.54) is 11.1 Å². The summed E-state index contributed by atoms with van der Waals surface area (Å²) in [6.45, 7) is 4.28. The van der Waals surface area contributed by atoms with E-state index in [1.807, 2.05) is 25.1 Å². The van der Waals surface area contributed by atoms with E-state index in [0.29, 0.717) is 56.9 Å². The van der Waals surface area contributed by atoms with Crippen molar-refractivity contribution in [3.63, 3.8) is 0 Å². The van der Waals surface area contributed by atoms with E-state index in [9.17, 15) is 22.8 Å². The molecule has 2 aromatic carbocycles. The van der Waals surface area contributed by atoms with E-state index >= 15 is 0 Å². The lowest BCUT2D eigenvalue weighted by molar-refractivity contribution is -0.125. The van der Waals surface area contributed by atoms with Crippen molar-refractivity contribution < 1.29 is 32.6 Å². The Morgan fingerprint density at radius 1 is 1.06 bits per heavy atom. The summed E-state index contributed by atoms with van der Waals surface area (Å²) in [6.07, 6.45) is 3.25. The normalized spacial score (nSPS) is 15.0. The summed E-state index contributed by atoms with van der Waals surface area (Å²) in [5, 5.41) is 17.0. The van der Waals surface area contributed by atoms with E-state index in [-0.39, 0.29) is 53.0 Å². The van der Waals surface area contributed by atoms with Gasteiger partial charge in [0.15, 0.2) is 5.82 Å². The molecule has 1 fully saturated rings. The number of aromatic nitrogens is 2. The third-order valence-electron chi connectivity index (χ3n) is 7.96. The number of para-hydroxylation sites is 1. The molecule has 0 saturated carbocycles. The number of hydrogen-bond acceptors (Lipinski definition) is 10. The molecule has 3 aromatic rings.